The van der Waals surface area contributed by atoms with Gasteiger partial charge in [-0.2, -0.15) is 0 Å². The first kappa shape index (κ1) is 9.74. The lowest BCUT2D eigenvalue weighted by molar-refractivity contribution is 0.736. The Morgan fingerprint density at radius 1 is 1.33 bits per heavy atom. The Kier molecular flexibility index (Phi) is 3.29. The second-order valence-corrected chi connectivity index (χ2v) is 3.17. The predicted molar refractivity (Wildman–Crippen MR) is 50.2 cm³/mol. The number of pyridine rings is 1. The predicted octanol–water partition coefficient (Wildman–Crippen LogP) is 1.35. The first-order valence-corrected chi connectivity index (χ1v) is 4.17. The first-order chi connectivity index (χ1) is 5.66. The molecule has 0 aliphatic carbocycles. The zero-order valence-corrected chi connectivity index (χ0v) is 7.81. The maximum absolute atomic E-state index is 5.82. The van der Waals surface area contributed by atoms with E-state index in [1.54, 1.807) is 0 Å². The molecule has 1 aromatic heterocycles. The van der Waals surface area contributed by atoms with Gasteiger partial charge in [-0.1, -0.05) is 23.2 Å². The Morgan fingerprint density at radius 2 is 1.83 bits per heavy atom. The highest BCUT2D eigenvalue weighted by atomic mass is 35.5. The fourth-order valence-corrected chi connectivity index (χ4v) is 1.54. The fourth-order valence-electron chi connectivity index (χ4n) is 0.893. The van der Waals surface area contributed by atoms with Crippen molar-refractivity contribution in [2.45, 2.75) is 6.04 Å². The van der Waals surface area contributed by atoms with E-state index in [2.05, 4.69) is 4.98 Å². The van der Waals surface area contributed by atoms with Gasteiger partial charge in [0.15, 0.2) is 0 Å². The van der Waals surface area contributed by atoms with Crippen LogP contribution in [-0.4, -0.2) is 11.5 Å². The minimum atomic E-state index is -0.326. The molecule has 0 spiro atoms. The Bertz CT molecular complexity index is 257. The third kappa shape index (κ3) is 1.87. The van der Waals surface area contributed by atoms with Gasteiger partial charge in [0, 0.05) is 30.5 Å². The van der Waals surface area contributed by atoms with Crippen molar-refractivity contribution >= 4 is 23.2 Å². The van der Waals surface area contributed by atoms with E-state index in [0.29, 0.717) is 22.2 Å². The van der Waals surface area contributed by atoms with Gasteiger partial charge < -0.3 is 11.5 Å². The van der Waals surface area contributed by atoms with Crippen molar-refractivity contribution in [3.63, 3.8) is 0 Å². The molecule has 0 amide bonds. The molecule has 0 saturated carbocycles. The molecule has 0 fully saturated rings. The number of halogens is 2. The molecule has 0 aliphatic rings. The molecule has 66 valence electrons. The van der Waals surface area contributed by atoms with E-state index >= 15 is 0 Å². The van der Waals surface area contributed by atoms with E-state index in [4.69, 9.17) is 34.7 Å². The molecule has 12 heavy (non-hydrogen) atoms. The minimum absolute atomic E-state index is 0.309. The van der Waals surface area contributed by atoms with Gasteiger partial charge in [0.25, 0.3) is 0 Å². The van der Waals surface area contributed by atoms with Crippen LogP contribution >= 0.6 is 23.2 Å². The van der Waals surface area contributed by atoms with Gasteiger partial charge in [0.05, 0.1) is 10.0 Å². The number of hydrogen-bond donors (Lipinski definition) is 2. The molecule has 3 nitrogen and oxygen atoms in total. The summed E-state index contributed by atoms with van der Waals surface area (Å²) >= 11 is 11.6. The van der Waals surface area contributed by atoms with Crippen LogP contribution in [0.1, 0.15) is 11.6 Å². The van der Waals surface area contributed by atoms with Gasteiger partial charge >= 0.3 is 0 Å². The third-order valence-electron chi connectivity index (χ3n) is 1.52. The Balaban J connectivity index is 3.12. The normalized spacial score (nSPS) is 13.0. The summed E-state index contributed by atoms with van der Waals surface area (Å²) in [5.74, 6) is 0. The number of nitrogens with zero attached hydrogens (tertiary/aromatic N) is 1. The van der Waals surface area contributed by atoms with E-state index < -0.39 is 0 Å². The zero-order chi connectivity index (χ0) is 9.14. The topological polar surface area (TPSA) is 64.9 Å². The van der Waals surface area contributed by atoms with Crippen molar-refractivity contribution in [1.82, 2.24) is 4.98 Å². The molecule has 0 saturated heterocycles. The zero-order valence-electron chi connectivity index (χ0n) is 6.30. The van der Waals surface area contributed by atoms with Crippen molar-refractivity contribution in [3.05, 3.63) is 28.0 Å². The summed E-state index contributed by atoms with van der Waals surface area (Å²) in [6.07, 6.45) is 3.00. The SMILES string of the molecule is NC[C@@H](N)c1c(Cl)cncc1Cl. The molecule has 0 radical (unpaired) electrons. The number of rotatable bonds is 2. The summed E-state index contributed by atoms with van der Waals surface area (Å²) in [4.78, 5) is 3.80. The Hall–Kier alpha value is -0.350. The van der Waals surface area contributed by atoms with Gasteiger partial charge in [-0.15, -0.1) is 0 Å². The molecule has 0 unspecified atom stereocenters. The summed E-state index contributed by atoms with van der Waals surface area (Å²) in [5.41, 5.74) is 11.7. The first-order valence-electron chi connectivity index (χ1n) is 3.41. The monoisotopic (exact) mass is 205 g/mol. The summed E-state index contributed by atoms with van der Waals surface area (Å²) in [7, 11) is 0. The van der Waals surface area contributed by atoms with Gasteiger partial charge in [0.2, 0.25) is 0 Å². The highest BCUT2D eigenvalue weighted by Crippen LogP contribution is 2.27. The molecule has 0 aromatic carbocycles. The van der Waals surface area contributed by atoms with E-state index in [9.17, 15) is 0 Å². The number of aromatic nitrogens is 1. The fraction of sp³-hybridized carbons (Fsp3) is 0.286. The third-order valence-corrected chi connectivity index (χ3v) is 2.12. The molecule has 0 aliphatic heterocycles. The van der Waals surface area contributed by atoms with Gasteiger partial charge in [-0.25, -0.2) is 0 Å². The van der Waals surface area contributed by atoms with Gasteiger partial charge in [-0.05, 0) is 0 Å². The van der Waals surface area contributed by atoms with E-state index in [1.807, 2.05) is 0 Å². The molecule has 4 N–H and O–H groups in total. The second-order valence-electron chi connectivity index (χ2n) is 2.36. The van der Waals surface area contributed by atoms with Crippen molar-refractivity contribution in [2.24, 2.45) is 11.5 Å². The maximum Gasteiger partial charge on any atom is 0.0652 e. The lowest BCUT2D eigenvalue weighted by Gasteiger charge is -2.11. The molecular formula is C7H9Cl2N3. The molecule has 1 aromatic rings. The average molecular weight is 206 g/mol. The van der Waals surface area contributed by atoms with Crippen molar-refractivity contribution in [3.8, 4) is 0 Å². The summed E-state index contributed by atoms with van der Waals surface area (Å²) < 4.78 is 0. The van der Waals surface area contributed by atoms with Crippen LogP contribution in [0.3, 0.4) is 0 Å². The lowest BCUT2D eigenvalue weighted by Crippen LogP contribution is -2.21. The second kappa shape index (κ2) is 4.05. The summed E-state index contributed by atoms with van der Waals surface area (Å²) in [5, 5.41) is 0.918. The number of nitrogens with two attached hydrogens (primary N) is 2. The largest absolute Gasteiger partial charge is 0.329 e. The lowest BCUT2D eigenvalue weighted by atomic mass is 10.1. The molecular weight excluding hydrogens is 197 g/mol. The van der Waals surface area contributed by atoms with Crippen LogP contribution < -0.4 is 11.5 Å². The molecule has 1 atom stereocenters. The van der Waals surface area contributed by atoms with Crippen LogP contribution in [0.2, 0.25) is 10.0 Å². The Morgan fingerprint density at radius 3 is 2.25 bits per heavy atom. The quantitative estimate of drug-likeness (QED) is 0.767. The average Bonchev–Trinajstić information content (AvgIpc) is 2.03. The van der Waals surface area contributed by atoms with E-state index in [0.717, 1.165) is 0 Å². The van der Waals surface area contributed by atoms with Crippen LogP contribution in [0.4, 0.5) is 0 Å². The van der Waals surface area contributed by atoms with Gasteiger partial charge in [-0.3, -0.25) is 4.98 Å². The van der Waals surface area contributed by atoms with Crippen LogP contribution in [0, 0.1) is 0 Å². The standard InChI is InChI=1S/C7H9Cl2N3/c8-4-2-12-3-5(9)7(4)6(11)1-10/h2-3,6H,1,10-11H2/t6-/m1/s1. The summed E-state index contributed by atoms with van der Waals surface area (Å²) in [6.45, 7) is 0.309. The van der Waals surface area contributed by atoms with Crippen LogP contribution in [0.15, 0.2) is 12.4 Å². The Labute approximate surface area is 80.7 Å². The molecule has 1 rings (SSSR count). The van der Waals surface area contributed by atoms with Crippen molar-refractivity contribution in [1.29, 1.82) is 0 Å². The highest BCUT2D eigenvalue weighted by molar-refractivity contribution is 6.35. The van der Waals surface area contributed by atoms with Crippen LogP contribution in [0.5, 0.6) is 0 Å². The van der Waals surface area contributed by atoms with Crippen LogP contribution in [0.25, 0.3) is 0 Å². The van der Waals surface area contributed by atoms with Crippen molar-refractivity contribution < 1.29 is 0 Å². The van der Waals surface area contributed by atoms with Crippen molar-refractivity contribution in [2.75, 3.05) is 6.54 Å². The molecule has 0 bridgehead atoms. The minimum Gasteiger partial charge on any atom is -0.329 e. The number of hydrogen-bond acceptors (Lipinski definition) is 3. The summed E-state index contributed by atoms with van der Waals surface area (Å²) in [6, 6.07) is -0.326. The van der Waals surface area contributed by atoms with E-state index in [1.165, 1.54) is 12.4 Å². The van der Waals surface area contributed by atoms with Crippen LogP contribution in [-0.2, 0) is 0 Å². The molecule has 5 heteroatoms. The van der Waals surface area contributed by atoms with E-state index in [-0.39, 0.29) is 6.04 Å². The maximum atomic E-state index is 5.82. The highest BCUT2D eigenvalue weighted by Gasteiger charge is 2.12. The smallest absolute Gasteiger partial charge is 0.0652 e. The van der Waals surface area contributed by atoms with Gasteiger partial charge in [0.1, 0.15) is 0 Å². The molecule has 1 heterocycles.